The van der Waals surface area contributed by atoms with Gasteiger partial charge in [-0.25, -0.2) is 8.42 Å². The van der Waals surface area contributed by atoms with Crippen LogP contribution in [-0.4, -0.2) is 47.1 Å². The summed E-state index contributed by atoms with van der Waals surface area (Å²) < 4.78 is 32.2. The molecular weight excluding hydrogens is 398 g/mol. The molecule has 28 heavy (non-hydrogen) atoms. The zero-order chi connectivity index (χ0) is 19.7. The second-order valence-electron chi connectivity index (χ2n) is 7.06. The molecule has 2 aromatic carbocycles. The van der Waals surface area contributed by atoms with E-state index in [0.717, 1.165) is 43.1 Å². The minimum atomic E-state index is -3.58. The first-order valence-electron chi connectivity index (χ1n) is 9.42. The third-order valence-corrected chi connectivity index (χ3v) is 7.72. The van der Waals surface area contributed by atoms with Crippen molar-refractivity contribution < 1.29 is 13.2 Å². The van der Waals surface area contributed by atoms with Crippen molar-refractivity contribution in [2.45, 2.75) is 23.1 Å². The zero-order valence-electron chi connectivity index (χ0n) is 15.7. The maximum Gasteiger partial charge on any atom is 0.199 e. The van der Waals surface area contributed by atoms with Gasteiger partial charge in [0.1, 0.15) is 11.1 Å². The van der Waals surface area contributed by atoms with Crippen molar-refractivity contribution in [1.29, 1.82) is 0 Å². The van der Waals surface area contributed by atoms with E-state index in [9.17, 15) is 8.42 Å². The van der Waals surface area contributed by atoms with Gasteiger partial charge in [-0.3, -0.25) is 0 Å². The van der Waals surface area contributed by atoms with Gasteiger partial charge in [0.05, 0.1) is 28.4 Å². The number of anilines is 2. The van der Waals surface area contributed by atoms with E-state index >= 15 is 0 Å². The molecule has 2 aliphatic heterocycles. The van der Waals surface area contributed by atoms with Gasteiger partial charge in [-0.2, -0.15) is 0 Å². The molecule has 0 bridgehead atoms. The highest BCUT2D eigenvalue weighted by atomic mass is 35.5. The summed E-state index contributed by atoms with van der Waals surface area (Å²) in [5, 5.41) is 6.31. The van der Waals surface area contributed by atoms with Gasteiger partial charge in [0.15, 0.2) is 9.84 Å². The summed E-state index contributed by atoms with van der Waals surface area (Å²) in [4.78, 5) is 2.46. The summed E-state index contributed by atoms with van der Waals surface area (Å²) in [7, 11) is -1.97. The van der Waals surface area contributed by atoms with Gasteiger partial charge in [-0.05, 0) is 42.7 Å². The van der Waals surface area contributed by atoms with Crippen LogP contribution >= 0.6 is 11.6 Å². The number of methoxy groups -OCH3 is 1. The van der Waals surface area contributed by atoms with Crippen LogP contribution in [-0.2, 0) is 16.3 Å². The molecule has 2 N–H and O–H groups in total. The number of piperazine rings is 1. The Morgan fingerprint density at radius 3 is 2.71 bits per heavy atom. The Morgan fingerprint density at radius 2 is 1.96 bits per heavy atom. The molecule has 0 aliphatic carbocycles. The molecule has 1 atom stereocenters. The number of hydrogen-bond acceptors (Lipinski definition) is 6. The van der Waals surface area contributed by atoms with Gasteiger partial charge in [0.25, 0.3) is 0 Å². The SMILES string of the molecule is COc1ccc(S(=O)(=O)C2CCc3cccc(Cl)c3N2)cc1N1CCNCC1. The number of benzene rings is 2. The fraction of sp³-hybridized carbons (Fsp3) is 0.400. The third-order valence-electron chi connectivity index (χ3n) is 5.39. The van der Waals surface area contributed by atoms with Gasteiger partial charge in [-0.1, -0.05) is 23.7 Å². The highest BCUT2D eigenvalue weighted by molar-refractivity contribution is 7.92. The highest BCUT2D eigenvalue weighted by Crippen LogP contribution is 2.37. The summed E-state index contributed by atoms with van der Waals surface area (Å²) in [6, 6.07) is 10.8. The zero-order valence-corrected chi connectivity index (χ0v) is 17.3. The van der Waals surface area contributed by atoms with Crippen molar-refractivity contribution in [3.8, 4) is 5.75 Å². The molecule has 1 fully saturated rings. The molecule has 0 saturated carbocycles. The standard InChI is InChI=1S/C20H24ClN3O3S/c1-27-18-7-6-15(13-17(18)24-11-9-22-10-12-24)28(25,26)19-8-5-14-3-2-4-16(21)20(14)23-19/h2-4,6-7,13,19,22-23H,5,8-12H2,1H3. The molecule has 0 radical (unpaired) electrons. The molecule has 2 aromatic rings. The topological polar surface area (TPSA) is 70.7 Å². The number of para-hydroxylation sites is 1. The highest BCUT2D eigenvalue weighted by Gasteiger charge is 2.32. The number of hydrogen-bond donors (Lipinski definition) is 2. The Morgan fingerprint density at radius 1 is 1.18 bits per heavy atom. The molecule has 2 aliphatic rings. The van der Waals surface area contributed by atoms with Gasteiger partial charge >= 0.3 is 0 Å². The van der Waals surface area contributed by atoms with Crippen LogP contribution in [0.15, 0.2) is 41.3 Å². The number of aryl methyl sites for hydroxylation is 1. The largest absolute Gasteiger partial charge is 0.495 e. The van der Waals surface area contributed by atoms with E-state index in [1.165, 1.54) is 0 Å². The summed E-state index contributed by atoms with van der Waals surface area (Å²) in [5.74, 6) is 0.686. The quantitative estimate of drug-likeness (QED) is 0.791. The van der Waals surface area contributed by atoms with Crippen molar-refractivity contribution >= 4 is 32.8 Å². The Labute approximate surface area is 170 Å². The second-order valence-corrected chi connectivity index (χ2v) is 9.60. The van der Waals surface area contributed by atoms with E-state index in [4.69, 9.17) is 16.3 Å². The molecule has 150 valence electrons. The number of nitrogens with one attached hydrogen (secondary N) is 2. The maximum absolute atomic E-state index is 13.4. The first-order valence-corrected chi connectivity index (χ1v) is 11.3. The molecule has 1 saturated heterocycles. The van der Waals surface area contributed by atoms with E-state index in [1.54, 1.807) is 31.4 Å². The predicted octanol–water partition coefficient (Wildman–Crippen LogP) is 2.92. The molecule has 6 nitrogen and oxygen atoms in total. The van der Waals surface area contributed by atoms with Gasteiger partial charge in [0.2, 0.25) is 0 Å². The van der Waals surface area contributed by atoms with Crippen LogP contribution in [0.1, 0.15) is 12.0 Å². The number of ether oxygens (including phenoxy) is 1. The molecular formula is C20H24ClN3O3S. The molecule has 0 spiro atoms. The minimum Gasteiger partial charge on any atom is -0.495 e. The molecule has 0 aromatic heterocycles. The fourth-order valence-electron chi connectivity index (χ4n) is 3.86. The molecule has 4 rings (SSSR count). The Kier molecular flexibility index (Phi) is 5.40. The van der Waals surface area contributed by atoms with Crippen molar-refractivity contribution in [2.24, 2.45) is 0 Å². The average Bonchev–Trinajstić information content (AvgIpc) is 2.74. The molecule has 0 amide bonds. The number of sulfone groups is 1. The summed E-state index contributed by atoms with van der Waals surface area (Å²) in [5.41, 5.74) is 2.59. The minimum absolute atomic E-state index is 0.301. The Bertz CT molecular complexity index is 975. The number of nitrogens with zero attached hydrogens (tertiary/aromatic N) is 1. The van der Waals surface area contributed by atoms with Crippen molar-refractivity contribution in [1.82, 2.24) is 5.32 Å². The second kappa shape index (κ2) is 7.81. The molecule has 8 heteroatoms. The van der Waals surface area contributed by atoms with E-state index in [-0.39, 0.29) is 0 Å². The van der Waals surface area contributed by atoms with Crippen LogP contribution in [0.5, 0.6) is 5.75 Å². The van der Waals surface area contributed by atoms with Gasteiger partial charge in [-0.15, -0.1) is 0 Å². The smallest absolute Gasteiger partial charge is 0.199 e. The lowest BCUT2D eigenvalue weighted by Gasteiger charge is -2.31. The van der Waals surface area contributed by atoms with E-state index in [2.05, 4.69) is 15.5 Å². The lowest BCUT2D eigenvalue weighted by atomic mass is 10.0. The molecule has 1 unspecified atom stereocenters. The normalized spacial score (nSPS) is 19.6. The van der Waals surface area contributed by atoms with Crippen LogP contribution in [0.3, 0.4) is 0 Å². The predicted molar refractivity (Wildman–Crippen MR) is 112 cm³/mol. The maximum atomic E-state index is 13.4. The monoisotopic (exact) mass is 421 g/mol. The van der Waals surface area contributed by atoms with E-state index < -0.39 is 15.2 Å². The first-order chi connectivity index (χ1) is 13.5. The number of halogens is 1. The van der Waals surface area contributed by atoms with Crippen molar-refractivity contribution in [3.05, 3.63) is 47.0 Å². The fourth-order valence-corrected chi connectivity index (χ4v) is 5.67. The van der Waals surface area contributed by atoms with E-state index in [0.29, 0.717) is 28.5 Å². The number of rotatable bonds is 4. The third kappa shape index (κ3) is 3.54. The van der Waals surface area contributed by atoms with Crippen molar-refractivity contribution in [2.75, 3.05) is 43.5 Å². The number of fused-ring (bicyclic) bond motifs is 1. The Hall–Kier alpha value is -1.96. The lowest BCUT2D eigenvalue weighted by Crippen LogP contribution is -2.43. The van der Waals surface area contributed by atoms with Crippen LogP contribution in [0.25, 0.3) is 0 Å². The van der Waals surface area contributed by atoms with Gasteiger partial charge < -0.3 is 20.3 Å². The average molecular weight is 422 g/mol. The van der Waals surface area contributed by atoms with E-state index in [1.807, 2.05) is 12.1 Å². The van der Waals surface area contributed by atoms with Crippen LogP contribution in [0.2, 0.25) is 5.02 Å². The van der Waals surface area contributed by atoms with Crippen LogP contribution in [0, 0.1) is 0 Å². The lowest BCUT2D eigenvalue weighted by molar-refractivity contribution is 0.412. The van der Waals surface area contributed by atoms with Gasteiger partial charge in [0, 0.05) is 26.2 Å². The summed E-state index contributed by atoms with van der Waals surface area (Å²) >= 11 is 6.28. The van der Waals surface area contributed by atoms with Crippen LogP contribution < -0.4 is 20.3 Å². The summed E-state index contributed by atoms with van der Waals surface area (Å²) in [6.07, 6.45) is 1.18. The first kappa shape index (κ1) is 19.4. The van der Waals surface area contributed by atoms with Crippen LogP contribution in [0.4, 0.5) is 11.4 Å². The Balaban J connectivity index is 1.67. The summed E-state index contributed by atoms with van der Waals surface area (Å²) in [6.45, 7) is 3.34. The van der Waals surface area contributed by atoms with Crippen molar-refractivity contribution in [3.63, 3.8) is 0 Å². The molecule has 2 heterocycles.